The molecule has 2 heterocycles. The Labute approximate surface area is 346 Å². The number of anilines is 3. The summed E-state index contributed by atoms with van der Waals surface area (Å²) in [7, 11) is 0. The van der Waals surface area contributed by atoms with Crippen molar-refractivity contribution in [2.45, 2.75) is 0 Å². The maximum absolute atomic E-state index is 2.43. The average molecular weight is 769 g/mol. The predicted octanol–water partition coefficient (Wildman–Crippen LogP) is 16.3. The quantitative estimate of drug-likeness (QED) is 0.153. The molecule has 0 aliphatic heterocycles. The molecule has 0 radical (unpaired) electrons. The maximum atomic E-state index is 2.43. The highest BCUT2D eigenvalue weighted by Crippen LogP contribution is 2.45. The molecule has 0 aliphatic rings. The monoisotopic (exact) mass is 768 g/mol. The van der Waals surface area contributed by atoms with E-state index in [2.05, 4.69) is 228 Å². The van der Waals surface area contributed by atoms with E-state index >= 15 is 0 Å². The molecule has 0 atom stereocenters. The van der Waals surface area contributed by atoms with Crippen LogP contribution in [0.25, 0.3) is 91.5 Å². The number of rotatable bonds is 6. The topological polar surface area (TPSA) is 8.17 Å². The second-order valence-corrected chi connectivity index (χ2v) is 16.3. The average Bonchev–Trinajstić information content (AvgIpc) is 3.86. The molecule has 276 valence electrons. The van der Waals surface area contributed by atoms with E-state index in [0.29, 0.717) is 0 Å². The van der Waals surface area contributed by atoms with Gasteiger partial charge in [-0.15, -0.1) is 11.3 Å². The number of aromatic nitrogens is 1. The first-order chi connectivity index (χ1) is 29.3. The zero-order valence-corrected chi connectivity index (χ0v) is 32.9. The summed E-state index contributed by atoms with van der Waals surface area (Å²) in [6.45, 7) is 0. The smallest absolute Gasteiger partial charge is 0.0546 e. The molecule has 0 fully saturated rings. The molecule has 10 aromatic carbocycles. The van der Waals surface area contributed by atoms with E-state index in [1.807, 2.05) is 11.3 Å². The van der Waals surface area contributed by atoms with Crippen LogP contribution in [0.1, 0.15) is 0 Å². The number of nitrogens with zero attached hydrogens (tertiary/aromatic N) is 2. The van der Waals surface area contributed by atoms with E-state index in [-0.39, 0.29) is 0 Å². The first kappa shape index (κ1) is 33.7. The summed E-state index contributed by atoms with van der Waals surface area (Å²) < 4.78 is 5.03. The van der Waals surface area contributed by atoms with Crippen LogP contribution in [0.4, 0.5) is 17.1 Å². The molecule has 0 aliphatic carbocycles. The lowest BCUT2D eigenvalue weighted by molar-refractivity contribution is 1.18. The zero-order valence-electron chi connectivity index (χ0n) is 32.1. The van der Waals surface area contributed by atoms with Crippen molar-refractivity contribution >= 4 is 91.9 Å². The van der Waals surface area contributed by atoms with E-state index in [1.165, 1.54) is 91.5 Å². The van der Waals surface area contributed by atoms with Gasteiger partial charge in [0.15, 0.2) is 0 Å². The standard InChI is InChI=1S/C56H36N2S/c1-2-14-41(15-3-1)58-52-23-10-8-19-48(52)51-35-39(29-34-53(51)58)37-25-30-42(31-26-37)57(54-36-40-13-4-5-16-44(40)46-17-6-7-18-47(46)54)43-32-27-38(28-33-43)45-21-12-22-50-49-20-9-11-24-55(49)59-56(45)50/h1-36H. The molecule has 0 saturated heterocycles. The van der Waals surface area contributed by atoms with Gasteiger partial charge >= 0.3 is 0 Å². The Morgan fingerprint density at radius 3 is 1.75 bits per heavy atom. The van der Waals surface area contributed by atoms with Gasteiger partial charge in [0.1, 0.15) is 0 Å². The lowest BCUT2D eigenvalue weighted by atomic mass is 9.98. The highest BCUT2D eigenvalue weighted by atomic mass is 32.1. The van der Waals surface area contributed by atoms with Crippen molar-refractivity contribution in [3.8, 4) is 27.9 Å². The summed E-state index contributed by atoms with van der Waals surface area (Å²) in [5, 5.41) is 10.1. The van der Waals surface area contributed by atoms with Crippen LogP contribution in [0.15, 0.2) is 218 Å². The Bertz CT molecular complexity index is 3540. The minimum Gasteiger partial charge on any atom is -0.310 e. The molecule has 59 heavy (non-hydrogen) atoms. The third kappa shape index (κ3) is 5.47. The summed E-state index contributed by atoms with van der Waals surface area (Å²) in [6, 6.07) is 79.9. The van der Waals surface area contributed by atoms with Gasteiger partial charge in [0.2, 0.25) is 0 Å². The second kappa shape index (κ2) is 13.6. The molecule has 12 aromatic rings. The summed E-state index contributed by atoms with van der Waals surface area (Å²) in [6.07, 6.45) is 0. The van der Waals surface area contributed by atoms with Crippen molar-refractivity contribution in [3.05, 3.63) is 218 Å². The number of hydrogen-bond donors (Lipinski definition) is 0. The van der Waals surface area contributed by atoms with Crippen LogP contribution in [0, 0.1) is 0 Å². The van der Waals surface area contributed by atoms with E-state index in [1.54, 1.807) is 0 Å². The van der Waals surface area contributed by atoms with E-state index in [9.17, 15) is 0 Å². The fourth-order valence-electron chi connectivity index (χ4n) is 9.22. The molecule has 3 heteroatoms. The predicted molar refractivity (Wildman–Crippen MR) is 254 cm³/mol. The largest absolute Gasteiger partial charge is 0.310 e. The number of hydrogen-bond acceptors (Lipinski definition) is 2. The Morgan fingerprint density at radius 1 is 0.356 bits per heavy atom. The third-order valence-electron chi connectivity index (χ3n) is 12.0. The Balaban J connectivity index is 0.993. The second-order valence-electron chi connectivity index (χ2n) is 15.3. The minimum atomic E-state index is 1.11. The van der Waals surface area contributed by atoms with Crippen molar-refractivity contribution in [1.29, 1.82) is 0 Å². The van der Waals surface area contributed by atoms with Crippen molar-refractivity contribution in [1.82, 2.24) is 4.57 Å². The van der Waals surface area contributed by atoms with Crippen LogP contribution in [0.3, 0.4) is 0 Å². The zero-order chi connectivity index (χ0) is 38.9. The summed E-state index contributed by atoms with van der Waals surface area (Å²) in [5.74, 6) is 0. The lowest BCUT2D eigenvalue weighted by Crippen LogP contribution is -2.10. The van der Waals surface area contributed by atoms with Gasteiger partial charge in [-0.1, -0.05) is 152 Å². The Kier molecular flexibility index (Phi) is 7.75. The Hall–Kier alpha value is -7.46. The molecule has 0 unspecified atom stereocenters. The van der Waals surface area contributed by atoms with Crippen molar-refractivity contribution in [2.75, 3.05) is 4.90 Å². The van der Waals surface area contributed by atoms with Crippen LogP contribution >= 0.6 is 11.3 Å². The number of benzene rings is 10. The van der Waals surface area contributed by atoms with Gasteiger partial charge in [0, 0.05) is 53.4 Å². The molecular weight excluding hydrogens is 733 g/mol. The van der Waals surface area contributed by atoms with E-state index < -0.39 is 0 Å². The van der Waals surface area contributed by atoms with Gasteiger partial charge < -0.3 is 9.47 Å². The van der Waals surface area contributed by atoms with Crippen LogP contribution < -0.4 is 4.90 Å². The maximum Gasteiger partial charge on any atom is 0.0546 e. The van der Waals surface area contributed by atoms with Crippen molar-refractivity contribution in [3.63, 3.8) is 0 Å². The summed E-state index contributed by atoms with van der Waals surface area (Å²) in [5.41, 5.74) is 11.8. The molecule has 2 aromatic heterocycles. The van der Waals surface area contributed by atoms with Gasteiger partial charge in [0.05, 0.1) is 16.7 Å². The molecule has 0 bridgehead atoms. The summed E-state index contributed by atoms with van der Waals surface area (Å²) >= 11 is 1.88. The first-order valence-corrected chi connectivity index (χ1v) is 21.0. The van der Waals surface area contributed by atoms with Gasteiger partial charge in [-0.05, 0) is 105 Å². The highest BCUT2D eigenvalue weighted by Gasteiger charge is 2.19. The molecular formula is C56H36N2S. The van der Waals surface area contributed by atoms with Crippen LogP contribution in [-0.2, 0) is 0 Å². The fraction of sp³-hybridized carbons (Fsp3) is 0. The normalized spacial score (nSPS) is 11.7. The van der Waals surface area contributed by atoms with Gasteiger partial charge in [-0.3, -0.25) is 0 Å². The molecule has 0 N–H and O–H groups in total. The number of thiophene rings is 1. The van der Waals surface area contributed by atoms with E-state index in [0.717, 1.165) is 17.1 Å². The number of fused-ring (bicyclic) bond motifs is 9. The summed E-state index contributed by atoms with van der Waals surface area (Å²) in [4.78, 5) is 2.43. The van der Waals surface area contributed by atoms with Gasteiger partial charge in [-0.2, -0.15) is 0 Å². The van der Waals surface area contributed by atoms with Gasteiger partial charge in [-0.25, -0.2) is 0 Å². The van der Waals surface area contributed by atoms with Crippen LogP contribution in [0.2, 0.25) is 0 Å². The van der Waals surface area contributed by atoms with Gasteiger partial charge in [0.25, 0.3) is 0 Å². The SMILES string of the molecule is c1ccc(-n2c3ccccc3c3cc(-c4ccc(N(c5ccc(-c6cccc7c6sc6ccccc67)cc5)c5cc6ccccc6c6ccccc56)cc4)ccc32)cc1. The molecule has 0 amide bonds. The van der Waals surface area contributed by atoms with E-state index in [4.69, 9.17) is 0 Å². The fourth-order valence-corrected chi connectivity index (χ4v) is 10.5. The van der Waals surface area contributed by atoms with Crippen molar-refractivity contribution < 1.29 is 0 Å². The first-order valence-electron chi connectivity index (χ1n) is 20.2. The molecule has 2 nitrogen and oxygen atoms in total. The van der Waals surface area contributed by atoms with Crippen LogP contribution in [0.5, 0.6) is 0 Å². The lowest BCUT2D eigenvalue weighted by Gasteiger charge is -2.28. The Morgan fingerprint density at radius 2 is 0.949 bits per heavy atom. The third-order valence-corrected chi connectivity index (χ3v) is 13.2. The van der Waals surface area contributed by atoms with Crippen LogP contribution in [-0.4, -0.2) is 4.57 Å². The number of para-hydroxylation sites is 2. The highest BCUT2D eigenvalue weighted by molar-refractivity contribution is 7.26. The minimum absolute atomic E-state index is 1.11. The molecule has 12 rings (SSSR count). The van der Waals surface area contributed by atoms with Crippen molar-refractivity contribution in [2.24, 2.45) is 0 Å². The molecule has 0 saturated carbocycles. The molecule has 0 spiro atoms.